The number of carbonyl (C=O) groups is 2. The van der Waals surface area contributed by atoms with Crippen molar-refractivity contribution in [1.82, 2.24) is 24.7 Å². The van der Waals surface area contributed by atoms with Crippen LogP contribution >= 0.6 is 11.6 Å². The molecular weight excluding hydrogens is 580 g/mol. The van der Waals surface area contributed by atoms with Gasteiger partial charge in [-0.25, -0.2) is 9.97 Å². The molecule has 2 amide bonds. The van der Waals surface area contributed by atoms with Crippen LogP contribution in [0.25, 0.3) is 0 Å². The summed E-state index contributed by atoms with van der Waals surface area (Å²) in [5.41, 5.74) is 4.83. The summed E-state index contributed by atoms with van der Waals surface area (Å²) in [7, 11) is 1.99. The van der Waals surface area contributed by atoms with Gasteiger partial charge in [0.2, 0.25) is 17.6 Å². The van der Waals surface area contributed by atoms with E-state index < -0.39 is 35.6 Å². The number of piperidine rings is 2. The molecule has 3 atom stereocenters. The Kier molecular flexibility index (Phi) is 8.65. The third-order valence-corrected chi connectivity index (χ3v) is 8.47. The molecule has 0 spiro atoms. The molecule has 2 aromatic rings. The van der Waals surface area contributed by atoms with Gasteiger partial charge in [-0.2, -0.15) is 17.6 Å². The minimum absolute atomic E-state index is 0.00395. The number of rotatable bonds is 5. The van der Waals surface area contributed by atoms with Crippen molar-refractivity contribution in [2.45, 2.75) is 37.5 Å². The van der Waals surface area contributed by atoms with Crippen molar-refractivity contribution in [2.24, 2.45) is 5.92 Å². The minimum atomic E-state index is -4.61. The summed E-state index contributed by atoms with van der Waals surface area (Å²) in [6, 6.07) is 1.63. The van der Waals surface area contributed by atoms with Crippen molar-refractivity contribution in [2.75, 3.05) is 68.8 Å². The van der Waals surface area contributed by atoms with Crippen LogP contribution in [0.1, 0.15) is 24.8 Å². The second-order valence-corrected chi connectivity index (χ2v) is 11.5. The molecule has 10 nitrogen and oxygen atoms in total. The van der Waals surface area contributed by atoms with E-state index in [1.165, 1.54) is 6.07 Å². The number of nitrogen functional groups attached to an aromatic ring is 1. The van der Waals surface area contributed by atoms with Crippen molar-refractivity contribution in [3.05, 3.63) is 40.9 Å². The summed E-state index contributed by atoms with van der Waals surface area (Å²) in [6.45, 7) is 3.39. The van der Waals surface area contributed by atoms with Crippen LogP contribution in [0.3, 0.4) is 0 Å². The molecule has 3 aliphatic rings. The quantitative estimate of drug-likeness (QED) is 0.496. The number of alkyl halides is 3. The zero-order valence-corrected chi connectivity index (χ0v) is 23.8. The highest BCUT2D eigenvalue weighted by Gasteiger charge is 2.45. The molecule has 3 saturated heterocycles. The van der Waals surface area contributed by atoms with Crippen LogP contribution < -0.4 is 16.0 Å². The molecule has 1 aromatic carbocycles. The normalized spacial score (nSPS) is 24.2. The number of anilines is 3. The molecule has 42 heavy (non-hydrogen) atoms. The molecule has 0 saturated carbocycles. The average Bonchev–Trinajstić information content (AvgIpc) is 2.95. The lowest BCUT2D eigenvalue weighted by molar-refractivity contribution is -0.145. The number of piperazine rings is 1. The van der Waals surface area contributed by atoms with Crippen LogP contribution in [0.5, 0.6) is 0 Å². The second-order valence-electron chi connectivity index (χ2n) is 11.0. The van der Waals surface area contributed by atoms with Crippen molar-refractivity contribution >= 4 is 40.7 Å². The fourth-order valence-corrected chi connectivity index (χ4v) is 6.22. The standard InChI is InChI=1S/C27H33ClF4N8O2/c1-37-7-9-38(10-8-37)25(41)19-4-6-39(24-22(29)23(33)34-15-35-24)14-21(19)40-5-2-3-20(26(40)42)36-18-12-16(27(30,31)32)11-17(28)13-18/h11-13,15,19-21,36H,2-10,14H2,1H3,(H2,33,34,35)/t19-,20?,21-/m0/s1. The number of halogens is 5. The predicted molar refractivity (Wildman–Crippen MR) is 149 cm³/mol. The summed E-state index contributed by atoms with van der Waals surface area (Å²) in [5, 5.41) is 2.83. The van der Waals surface area contributed by atoms with Gasteiger partial charge in [0.15, 0.2) is 11.6 Å². The first kappa shape index (κ1) is 30.1. The number of likely N-dealkylation sites (N-methyl/N-ethyl adjacent to an activating group) is 1. The van der Waals surface area contributed by atoms with E-state index in [0.717, 1.165) is 31.5 Å². The van der Waals surface area contributed by atoms with Crippen LogP contribution in [0.2, 0.25) is 5.02 Å². The van der Waals surface area contributed by atoms with E-state index in [2.05, 4.69) is 20.2 Å². The Balaban J connectivity index is 1.41. The summed E-state index contributed by atoms with van der Waals surface area (Å²) in [4.78, 5) is 42.7. The molecule has 15 heteroatoms. The number of hydrogen-bond donors (Lipinski definition) is 2. The number of carbonyl (C=O) groups excluding carboxylic acids is 2. The molecule has 5 rings (SSSR count). The smallest absolute Gasteiger partial charge is 0.381 e. The Bertz CT molecular complexity index is 1320. The molecule has 1 aromatic heterocycles. The fourth-order valence-electron chi connectivity index (χ4n) is 5.98. The molecule has 3 aliphatic heterocycles. The molecule has 3 N–H and O–H groups in total. The molecule has 1 unspecified atom stereocenters. The number of nitrogens with one attached hydrogen (secondary N) is 1. The lowest BCUT2D eigenvalue weighted by Gasteiger charge is -2.47. The van der Waals surface area contributed by atoms with Gasteiger partial charge in [0.1, 0.15) is 12.4 Å². The predicted octanol–water partition coefficient (Wildman–Crippen LogP) is 2.94. The van der Waals surface area contributed by atoms with Crippen LogP contribution in [0.15, 0.2) is 24.5 Å². The maximum Gasteiger partial charge on any atom is 0.416 e. The second kappa shape index (κ2) is 12.1. The topological polar surface area (TPSA) is 111 Å². The number of hydrogen-bond acceptors (Lipinski definition) is 8. The highest BCUT2D eigenvalue weighted by Crippen LogP contribution is 2.35. The van der Waals surface area contributed by atoms with E-state index in [1.54, 1.807) is 9.80 Å². The number of benzene rings is 1. The number of nitrogens with zero attached hydrogens (tertiary/aromatic N) is 6. The largest absolute Gasteiger partial charge is 0.416 e. The summed E-state index contributed by atoms with van der Waals surface area (Å²) in [5.74, 6) is -2.03. The monoisotopic (exact) mass is 612 g/mol. The van der Waals surface area contributed by atoms with Crippen LogP contribution in [-0.2, 0) is 15.8 Å². The highest BCUT2D eigenvalue weighted by molar-refractivity contribution is 6.31. The Morgan fingerprint density at radius 2 is 1.81 bits per heavy atom. The van der Waals surface area contributed by atoms with Crippen molar-refractivity contribution in [3.63, 3.8) is 0 Å². The molecule has 0 radical (unpaired) electrons. The van der Waals surface area contributed by atoms with Gasteiger partial charge in [-0.3, -0.25) is 9.59 Å². The van der Waals surface area contributed by atoms with E-state index >= 15 is 0 Å². The third kappa shape index (κ3) is 6.33. The first-order valence-corrected chi connectivity index (χ1v) is 14.2. The van der Waals surface area contributed by atoms with Crippen molar-refractivity contribution in [1.29, 1.82) is 0 Å². The summed E-state index contributed by atoms with van der Waals surface area (Å²) in [6.07, 6.45) is -2.16. The lowest BCUT2D eigenvalue weighted by Crippen LogP contribution is -2.63. The fraction of sp³-hybridized carbons (Fsp3) is 0.556. The summed E-state index contributed by atoms with van der Waals surface area (Å²) >= 11 is 5.96. The molecule has 3 fully saturated rings. The Morgan fingerprint density at radius 3 is 2.52 bits per heavy atom. The first-order chi connectivity index (χ1) is 19.9. The summed E-state index contributed by atoms with van der Waals surface area (Å²) < 4.78 is 55.1. The van der Waals surface area contributed by atoms with Crippen LogP contribution in [-0.4, -0.2) is 101 Å². The van der Waals surface area contributed by atoms with Gasteiger partial charge in [0.05, 0.1) is 17.5 Å². The van der Waals surface area contributed by atoms with Gasteiger partial charge < -0.3 is 30.7 Å². The zero-order chi connectivity index (χ0) is 30.2. The third-order valence-electron chi connectivity index (χ3n) is 8.25. The average molecular weight is 613 g/mol. The maximum atomic E-state index is 14.9. The minimum Gasteiger partial charge on any atom is -0.381 e. The molecule has 4 heterocycles. The van der Waals surface area contributed by atoms with Gasteiger partial charge in [-0.1, -0.05) is 11.6 Å². The van der Waals surface area contributed by atoms with Crippen LogP contribution in [0, 0.1) is 11.7 Å². The van der Waals surface area contributed by atoms with Gasteiger partial charge in [0, 0.05) is 56.5 Å². The number of nitrogens with two attached hydrogens (primary N) is 1. The van der Waals surface area contributed by atoms with E-state index in [9.17, 15) is 27.2 Å². The number of likely N-dealkylation sites (tertiary alicyclic amines) is 1. The lowest BCUT2D eigenvalue weighted by atomic mass is 9.86. The van der Waals surface area contributed by atoms with Gasteiger partial charge in [-0.15, -0.1) is 0 Å². The Hall–Kier alpha value is -3.39. The maximum absolute atomic E-state index is 14.9. The molecule has 0 bridgehead atoms. The van der Waals surface area contributed by atoms with E-state index in [0.29, 0.717) is 45.4 Å². The molecule has 228 valence electrons. The zero-order valence-electron chi connectivity index (χ0n) is 23.1. The van der Waals surface area contributed by atoms with Crippen molar-refractivity contribution < 1.29 is 27.2 Å². The Morgan fingerprint density at radius 1 is 1.07 bits per heavy atom. The van der Waals surface area contributed by atoms with Crippen LogP contribution in [0.4, 0.5) is 34.9 Å². The van der Waals surface area contributed by atoms with E-state index in [4.69, 9.17) is 17.3 Å². The van der Waals surface area contributed by atoms with E-state index in [1.807, 2.05) is 11.9 Å². The first-order valence-electron chi connectivity index (χ1n) is 13.9. The van der Waals surface area contributed by atoms with Gasteiger partial charge in [-0.05, 0) is 44.5 Å². The highest BCUT2D eigenvalue weighted by atomic mass is 35.5. The number of amides is 2. The molecule has 0 aliphatic carbocycles. The SMILES string of the molecule is CN1CCN(C(=O)[C@H]2CCN(c3ncnc(N)c3F)C[C@@H]2N2CCCC(Nc3cc(Cl)cc(C(F)(F)F)c3)C2=O)CC1. The number of aromatic nitrogens is 2. The van der Waals surface area contributed by atoms with Gasteiger partial charge >= 0.3 is 6.18 Å². The Labute approximate surface area is 245 Å². The molecular formula is C27H33ClF4N8O2. The van der Waals surface area contributed by atoms with Gasteiger partial charge in [0.25, 0.3) is 0 Å². The van der Waals surface area contributed by atoms with Crippen molar-refractivity contribution in [3.8, 4) is 0 Å². The van der Waals surface area contributed by atoms with E-state index in [-0.39, 0.29) is 40.7 Å².